The monoisotopic (exact) mass is 348 g/mol. The molecule has 6 nitrogen and oxygen atoms in total. The van der Waals surface area contributed by atoms with E-state index in [1.807, 2.05) is 23.1 Å². The van der Waals surface area contributed by atoms with Gasteiger partial charge >= 0.3 is 0 Å². The van der Waals surface area contributed by atoms with Crippen molar-refractivity contribution in [3.63, 3.8) is 0 Å². The zero-order valence-electron chi connectivity index (χ0n) is 15.3. The van der Waals surface area contributed by atoms with Gasteiger partial charge in [-0.05, 0) is 31.1 Å². The van der Waals surface area contributed by atoms with Crippen molar-refractivity contribution in [3.8, 4) is 17.2 Å². The minimum atomic E-state index is 0.0647. The van der Waals surface area contributed by atoms with Gasteiger partial charge < -0.3 is 24.4 Å². The normalized spacial score (nSPS) is 19.9. The molecule has 1 amide bonds. The Balaban J connectivity index is 1.57. The van der Waals surface area contributed by atoms with Gasteiger partial charge in [0.15, 0.2) is 11.5 Å². The molecule has 6 heteroatoms. The van der Waals surface area contributed by atoms with Crippen LogP contribution >= 0.6 is 0 Å². The van der Waals surface area contributed by atoms with Crippen LogP contribution in [0.25, 0.3) is 0 Å². The van der Waals surface area contributed by atoms with Crippen LogP contribution in [0.2, 0.25) is 0 Å². The molecule has 1 aromatic rings. The quantitative estimate of drug-likeness (QED) is 0.851. The Kier molecular flexibility index (Phi) is 5.68. The second-order valence-corrected chi connectivity index (χ2v) is 6.84. The number of nitrogens with one attached hydrogen (secondary N) is 1. The zero-order chi connectivity index (χ0) is 17.8. The number of nitrogens with zero attached hydrogens (tertiary/aromatic N) is 1. The van der Waals surface area contributed by atoms with Gasteiger partial charge in [0, 0.05) is 31.8 Å². The molecule has 1 unspecified atom stereocenters. The van der Waals surface area contributed by atoms with E-state index < -0.39 is 0 Å². The van der Waals surface area contributed by atoms with Crippen LogP contribution in [0.1, 0.15) is 19.8 Å². The molecule has 1 atom stereocenters. The molecule has 0 spiro atoms. The molecule has 2 aliphatic heterocycles. The highest BCUT2D eigenvalue weighted by Gasteiger charge is 2.33. The second-order valence-electron chi connectivity index (χ2n) is 6.84. The molecule has 1 N–H and O–H groups in total. The SMILES string of the molecule is COc1cccc(OC)c1OC1CCN(C(=O)C(C)C2CNC2)CC1. The lowest BCUT2D eigenvalue weighted by Gasteiger charge is -2.38. The first-order valence-electron chi connectivity index (χ1n) is 9.01. The number of ether oxygens (including phenoxy) is 3. The molecule has 2 aliphatic rings. The van der Waals surface area contributed by atoms with Crippen molar-refractivity contribution in [2.75, 3.05) is 40.4 Å². The average Bonchev–Trinajstić information content (AvgIpc) is 2.60. The fourth-order valence-electron chi connectivity index (χ4n) is 3.45. The summed E-state index contributed by atoms with van der Waals surface area (Å²) < 4.78 is 16.9. The Bertz CT molecular complexity index is 573. The van der Waals surface area contributed by atoms with Gasteiger partial charge in [0.2, 0.25) is 11.7 Å². The molecule has 0 aliphatic carbocycles. The van der Waals surface area contributed by atoms with E-state index in [1.165, 1.54) is 0 Å². The molecular weight excluding hydrogens is 320 g/mol. The predicted octanol–water partition coefficient (Wildman–Crippen LogP) is 1.93. The number of rotatable bonds is 6. The Morgan fingerprint density at radius 3 is 2.24 bits per heavy atom. The highest BCUT2D eigenvalue weighted by Crippen LogP contribution is 2.38. The second kappa shape index (κ2) is 7.95. The number of hydrogen-bond acceptors (Lipinski definition) is 5. The molecule has 0 radical (unpaired) electrons. The summed E-state index contributed by atoms with van der Waals surface area (Å²) in [5.41, 5.74) is 0. The Morgan fingerprint density at radius 1 is 1.16 bits per heavy atom. The molecule has 0 saturated carbocycles. The van der Waals surface area contributed by atoms with E-state index in [9.17, 15) is 4.79 Å². The maximum Gasteiger partial charge on any atom is 0.225 e. The third-order valence-corrected chi connectivity index (χ3v) is 5.33. The van der Waals surface area contributed by atoms with Gasteiger partial charge in [-0.1, -0.05) is 13.0 Å². The summed E-state index contributed by atoms with van der Waals surface area (Å²) in [7, 11) is 3.25. The van der Waals surface area contributed by atoms with E-state index in [1.54, 1.807) is 14.2 Å². The van der Waals surface area contributed by atoms with Gasteiger partial charge in [-0.15, -0.1) is 0 Å². The van der Waals surface area contributed by atoms with Crippen molar-refractivity contribution < 1.29 is 19.0 Å². The van der Waals surface area contributed by atoms with Crippen LogP contribution in [0.5, 0.6) is 17.2 Å². The number of amides is 1. The largest absolute Gasteiger partial charge is 0.493 e. The van der Waals surface area contributed by atoms with Crippen LogP contribution < -0.4 is 19.5 Å². The third kappa shape index (κ3) is 3.84. The van der Waals surface area contributed by atoms with Crippen LogP contribution in [0.15, 0.2) is 18.2 Å². The highest BCUT2D eigenvalue weighted by molar-refractivity contribution is 5.79. The maximum atomic E-state index is 12.6. The molecular formula is C19H28N2O4. The summed E-state index contributed by atoms with van der Waals surface area (Å²) in [4.78, 5) is 14.6. The molecule has 2 fully saturated rings. The standard InChI is InChI=1S/C19H28N2O4/c1-13(14-11-20-12-14)19(22)21-9-7-15(8-10-21)25-18-16(23-2)5-4-6-17(18)24-3/h4-6,13-15,20H,7-12H2,1-3H3. The van der Waals surface area contributed by atoms with Crippen molar-refractivity contribution in [3.05, 3.63) is 18.2 Å². The van der Waals surface area contributed by atoms with Gasteiger partial charge in [0.25, 0.3) is 0 Å². The van der Waals surface area contributed by atoms with Gasteiger partial charge in [0.05, 0.1) is 14.2 Å². The number of para-hydroxylation sites is 1. The number of piperidine rings is 1. The Hall–Kier alpha value is -1.95. The number of carbonyl (C=O) groups is 1. The Morgan fingerprint density at radius 2 is 1.76 bits per heavy atom. The molecule has 1 aromatic carbocycles. The lowest BCUT2D eigenvalue weighted by atomic mass is 9.87. The molecule has 2 heterocycles. The average molecular weight is 348 g/mol. The minimum Gasteiger partial charge on any atom is -0.493 e. The van der Waals surface area contributed by atoms with E-state index in [4.69, 9.17) is 14.2 Å². The zero-order valence-corrected chi connectivity index (χ0v) is 15.3. The predicted molar refractivity (Wildman–Crippen MR) is 95.3 cm³/mol. The number of hydrogen-bond donors (Lipinski definition) is 1. The summed E-state index contributed by atoms with van der Waals surface area (Å²) in [5, 5.41) is 3.24. The first kappa shape index (κ1) is 17.9. The van der Waals surface area contributed by atoms with E-state index in [2.05, 4.69) is 12.2 Å². The fraction of sp³-hybridized carbons (Fsp3) is 0.632. The maximum absolute atomic E-state index is 12.6. The topological polar surface area (TPSA) is 60.0 Å². The number of benzene rings is 1. The minimum absolute atomic E-state index is 0.0647. The van der Waals surface area contributed by atoms with Gasteiger partial charge in [-0.2, -0.15) is 0 Å². The lowest BCUT2D eigenvalue weighted by Crippen LogP contribution is -2.52. The first-order valence-corrected chi connectivity index (χ1v) is 9.01. The van der Waals surface area contributed by atoms with Crippen LogP contribution in [0, 0.1) is 11.8 Å². The molecule has 25 heavy (non-hydrogen) atoms. The fourth-order valence-corrected chi connectivity index (χ4v) is 3.45. The van der Waals surface area contributed by atoms with E-state index >= 15 is 0 Å². The number of methoxy groups -OCH3 is 2. The molecule has 3 rings (SSSR count). The van der Waals surface area contributed by atoms with Crippen molar-refractivity contribution in [1.82, 2.24) is 10.2 Å². The van der Waals surface area contributed by atoms with Crippen molar-refractivity contribution in [2.45, 2.75) is 25.9 Å². The Labute approximate surface area is 149 Å². The van der Waals surface area contributed by atoms with Gasteiger partial charge in [-0.3, -0.25) is 4.79 Å². The van der Waals surface area contributed by atoms with E-state index in [0.717, 1.165) is 39.0 Å². The van der Waals surface area contributed by atoms with Crippen LogP contribution in [0.3, 0.4) is 0 Å². The summed E-state index contributed by atoms with van der Waals surface area (Å²) in [6.07, 6.45) is 1.71. The molecule has 2 saturated heterocycles. The summed E-state index contributed by atoms with van der Waals surface area (Å²) >= 11 is 0. The lowest BCUT2D eigenvalue weighted by molar-refractivity contribution is -0.139. The van der Waals surface area contributed by atoms with Crippen LogP contribution in [-0.2, 0) is 4.79 Å². The smallest absolute Gasteiger partial charge is 0.225 e. The molecule has 0 bridgehead atoms. The van der Waals surface area contributed by atoms with Crippen LogP contribution in [-0.4, -0.2) is 57.3 Å². The molecule has 138 valence electrons. The summed E-state index contributed by atoms with van der Waals surface area (Å²) in [6, 6.07) is 5.61. The van der Waals surface area contributed by atoms with Crippen molar-refractivity contribution in [2.24, 2.45) is 11.8 Å². The third-order valence-electron chi connectivity index (χ3n) is 5.33. The first-order chi connectivity index (χ1) is 12.1. The van der Waals surface area contributed by atoms with Gasteiger partial charge in [0.1, 0.15) is 6.10 Å². The van der Waals surface area contributed by atoms with Crippen LogP contribution in [0.4, 0.5) is 0 Å². The van der Waals surface area contributed by atoms with E-state index in [-0.39, 0.29) is 17.9 Å². The summed E-state index contributed by atoms with van der Waals surface area (Å²) in [6.45, 7) is 5.45. The summed E-state index contributed by atoms with van der Waals surface area (Å²) in [5.74, 6) is 2.85. The highest BCUT2D eigenvalue weighted by atomic mass is 16.5. The number of carbonyl (C=O) groups excluding carboxylic acids is 1. The van der Waals surface area contributed by atoms with Gasteiger partial charge in [-0.25, -0.2) is 0 Å². The van der Waals surface area contributed by atoms with E-state index in [0.29, 0.717) is 23.2 Å². The molecule has 0 aromatic heterocycles. The number of likely N-dealkylation sites (tertiary alicyclic amines) is 1. The van der Waals surface area contributed by atoms with Crippen molar-refractivity contribution in [1.29, 1.82) is 0 Å². The van der Waals surface area contributed by atoms with Crippen molar-refractivity contribution >= 4 is 5.91 Å².